The average Bonchev–Trinajstić information content (AvgIpc) is 2.39. The highest BCUT2D eigenvalue weighted by Crippen LogP contribution is 2.38. The van der Waals surface area contributed by atoms with Gasteiger partial charge in [-0.15, -0.1) is 0 Å². The highest BCUT2D eigenvalue weighted by molar-refractivity contribution is 5.83. The van der Waals surface area contributed by atoms with E-state index in [0.29, 0.717) is 19.7 Å². The molecule has 1 saturated carbocycles. The van der Waals surface area contributed by atoms with Crippen molar-refractivity contribution in [3.8, 4) is 0 Å². The number of hydrogen-bond acceptors (Lipinski definition) is 3. The molecule has 3 N–H and O–H groups in total. The first-order valence-corrected chi connectivity index (χ1v) is 6.85. The van der Waals surface area contributed by atoms with E-state index in [2.05, 4.69) is 18.8 Å². The molecule has 4 heteroatoms. The van der Waals surface area contributed by atoms with E-state index in [-0.39, 0.29) is 11.3 Å². The van der Waals surface area contributed by atoms with Crippen LogP contribution < -0.4 is 11.1 Å². The standard InChI is InChI=1S/C14H26N2O2/c1-3-18-10-4-9-16-13(17)14(11-15)7-5-12(2)6-8-14/h3,12H,1,4-11,15H2,2H3,(H,16,17). The van der Waals surface area contributed by atoms with Gasteiger partial charge in [-0.25, -0.2) is 0 Å². The first kappa shape index (κ1) is 15.0. The van der Waals surface area contributed by atoms with Crippen LogP contribution in [0.1, 0.15) is 39.0 Å². The van der Waals surface area contributed by atoms with E-state index in [1.165, 1.54) is 6.26 Å². The van der Waals surface area contributed by atoms with Gasteiger partial charge in [-0.3, -0.25) is 4.79 Å². The Morgan fingerprint density at radius 3 is 2.78 bits per heavy atom. The fourth-order valence-corrected chi connectivity index (χ4v) is 2.47. The maximum absolute atomic E-state index is 12.2. The molecule has 0 aromatic carbocycles. The van der Waals surface area contributed by atoms with Gasteiger partial charge in [0.05, 0.1) is 18.3 Å². The van der Waals surface area contributed by atoms with Gasteiger partial charge in [0.25, 0.3) is 0 Å². The van der Waals surface area contributed by atoms with Crippen LogP contribution in [-0.4, -0.2) is 25.6 Å². The molecule has 0 heterocycles. The Hall–Kier alpha value is -1.03. The number of carbonyl (C=O) groups is 1. The van der Waals surface area contributed by atoms with Crippen molar-refractivity contribution < 1.29 is 9.53 Å². The molecule has 0 aromatic heterocycles. The van der Waals surface area contributed by atoms with Crippen molar-refractivity contribution >= 4 is 5.91 Å². The molecular weight excluding hydrogens is 228 g/mol. The highest BCUT2D eigenvalue weighted by atomic mass is 16.5. The van der Waals surface area contributed by atoms with Crippen LogP contribution in [0, 0.1) is 11.3 Å². The monoisotopic (exact) mass is 254 g/mol. The van der Waals surface area contributed by atoms with Gasteiger partial charge in [0.1, 0.15) is 0 Å². The van der Waals surface area contributed by atoms with Crippen molar-refractivity contribution in [3.63, 3.8) is 0 Å². The van der Waals surface area contributed by atoms with Crippen molar-refractivity contribution in [3.05, 3.63) is 12.8 Å². The van der Waals surface area contributed by atoms with E-state index >= 15 is 0 Å². The van der Waals surface area contributed by atoms with Crippen molar-refractivity contribution in [1.29, 1.82) is 0 Å². The van der Waals surface area contributed by atoms with E-state index < -0.39 is 0 Å². The molecule has 1 rings (SSSR count). The largest absolute Gasteiger partial charge is 0.502 e. The number of ether oxygens (including phenoxy) is 1. The first-order chi connectivity index (χ1) is 8.64. The minimum absolute atomic E-state index is 0.121. The number of nitrogens with two attached hydrogens (primary N) is 1. The third kappa shape index (κ3) is 4.02. The SMILES string of the molecule is C=COCCCNC(=O)C1(CN)CCC(C)CC1. The zero-order valence-corrected chi connectivity index (χ0v) is 11.4. The summed E-state index contributed by atoms with van der Waals surface area (Å²) in [6.45, 7) is 7.40. The van der Waals surface area contributed by atoms with E-state index in [4.69, 9.17) is 10.5 Å². The lowest BCUT2D eigenvalue weighted by Gasteiger charge is -2.37. The lowest BCUT2D eigenvalue weighted by molar-refractivity contribution is -0.132. The molecule has 0 spiro atoms. The summed E-state index contributed by atoms with van der Waals surface area (Å²) in [7, 11) is 0. The number of amides is 1. The van der Waals surface area contributed by atoms with Gasteiger partial charge >= 0.3 is 0 Å². The second kappa shape index (κ2) is 7.41. The third-order valence-electron chi connectivity index (χ3n) is 3.95. The number of carbonyl (C=O) groups excluding carboxylic acids is 1. The van der Waals surface area contributed by atoms with Crippen molar-refractivity contribution in [2.45, 2.75) is 39.0 Å². The Labute approximate surface area is 110 Å². The molecule has 0 unspecified atom stereocenters. The van der Waals surface area contributed by atoms with Gasteiger partial charge in [-0.2, -0.15) is 0 Å². The topological polar surface area (TPSA) is 64.3 Å². The summed E-state index contributed by atoms with van der Waals surface area (Å²) in [5, 5.41) is 2.98. The molecule has 0 bridgehead atoms. The van der Waals surface area contributed by atoms with Gasteiger partial charge in [0.2, 0.25) is 5.91 Å². The predicted molar refractivity (Wildman–Crippen MR) is 72.9 cm³/mol. The molecule has 0 radical (unpaired) electrons. The molecule has 0 saturated heterocycles. The van der Waals surface area contributed by atoms with Gasteiger partial charge < -0.3 is 15.8 Å². The van der Waals surface area contributed by atoms with Crippen molar-refractivity contribution in [2.75, 3.05) is 19.7 Å². The Morgan fingerprint density at radius 2 is 2.22 bits per heavy atom. The van der Waals surface area contributed by atoms with Crippen LogP contribution in [0.5, 0.6) is 0 Å². The summed E-state index contributed by atoms with van der Waals surface area (Å²) in [5.74, 6) is 0.842. The molecule has 104 valence electrons. The molecule has 1 aliphatic carbocycles. The summed E-state index contributed by atoms with van der Waals surface area (Å²) >= 11 is 0. The van der Waals surface area contributed by atoms with Crippen LogP contribution in [-0.2, 0) is 9.53 Å². The molecule has 0 aliphatic heterocycles. The van der Waals surface area contributed by atoms with E-state index in [0.717, 1.165) is 38.0 Å². The van der Waals surface area contributed by atoms with E-state index in [1.54, 1.807) is 0 Å². The van der Waals surface area contributed by atoms with Crippen LogP contribution in [0.25, 0.3) is 0 Å². The highest BCUT2D eigenvalue weighted by Gasteiger charge is 2.39. The Balaban J connectivity index is 2.35. The molecule has 0 aromatic rings. The zero-order valence-electron chi connectivity index (χ0n) is 11.4. The molecule has 4 nitrogen and oxygen atoms in total. The minimum Gasteiger partial charge on any atom is -0.502 e. The third-order valence-corrected chi connectivity index (χ3v) is 3.95. The number of hydrogen-bond donors (Lipinski definition) is 2. The predicted octanol–water partition coefficient (Wildman–Crippen LogP) is 1.81. The van der Waals surface area contributed by atoms with E-state index in [1.807, 2.05) is 0 Å². The lowest BCUT2D eigenvalue weighted by Crippen LogP contribution is -2.48. The molecular formula is C14H26N2O2. The van der Waals surface area contributed by atoms with Crippen LogP contribution in [0.2, 0.25) is 0 Å². The first-order valence-electron chi connectivity index (χ1n) is 6.85. The van der Waals surface area contributed by atoms with Crippen LogP contribution in [0.4, 0.5) is 0 Å². The molecule has 0 atom stereocenters. The quantitative estimate of drug-likeness (QED) is 0.538. The maximum atomic E-state index is 12.2. The number of rotatable bonds is 7. The Bertz CT molecular complexity index is 271. The summed E-state index contributed by atoms with van der Waals surface area (Å²) in [5.41, 5.74) is 5.51. The van der Waals surface area contributed by atoms with Crippen molar-refractivity contribution in [1.82, 2.24) is 5.32 Å². The Morgan fingerprint density at radius 1 is 1.56 bits per heavy atom. The summed E-state index contributed by atoms with van der Waals surface area (Å²) < 4.78 is 5.01. The molecule has 1 fully saturated rings. The Kier molecular flexibility index (Phi) is 6.19. The molecule has 1 aliphatic rings. The summed E-state index contributed by atoms with van der Waals surface area (Å²) in [6, 6.07) is 0. The fraction of sp³-hybridized carbons (Fsp3) is 0.786. The summed E-state index contributed by atoms with van der Waals surface area (Å²) in [4.78, 5) is 12.2. The van der Waals surface area contributed by atoms with Crippen molar-refractivity contribution in [2.24, 2.45) is 17.1 Å². The molecule has 18 heavy (non-hydrogen) atoms. The molecule has 1 amide bonds. The smallest absolute Gasteiger partial charge is 0.227 e. The van der Waals surface area contributed by atoms with Gasteiger partial charge in [0.15, 0.2) is 0 Å². The van der Waals surface area contributed by atoms with Gasteiger partial charge in [-0.05, 0) is 38.0 Å². The van der Waals surface area contributed by atoms with Gasteiger partial charge in [-0.1, -0.05) is 13.5 Å². The van der Waals surface area contributed by atoms with Crippen LogP contribution >= 0.6 is 0 Å². The van der Waals surface area contributed by atoms with E-state index in [9.17, 15) is 4.79 Å². The second-order valence-corrected chi connectivity index (χ2v) is 5.31. The summed E-state index contributed by atoms with van der Waals surface area (Å²) in [6.07, 6.45) is 6.26. The van der Waals surface area contributed by atoms with Crippen LogP contribution in [0.15, 0.2) is 12.8 Å². The average molecular weight is 254 g/mol. The maximum Gasteiger partial charge on any atom is 0.227 e. The number of nitrogens with one attached hydrogen (secondary N) is 1. The second-order valence-electron chi connectivity index (χ2n) is 5.31. The zero-order chi connectivity index (χ0) is 13.4. The minimum atomic E-state index is -0.328. The van der Waals surface area contributed by atoms with Crippen LogP contribution in [0.3, 0.4) is 0 Å². The lowest BCUT2D eigenvalue weighted by atomic mass is 9.70. The van der Waals surface area contributed by atoms with Gasteiger partial charge in [0, 0.05) is 13.1 Å². The normalized spacial score (nSPS) is 27.6. The fourth-order valence-electron chi connectivity index (χ4n) is 2.47.